The van der Waals surface area contributed by atoms with Crippen LogP contribution in [0.15, 0.2) is 6.20 Å². The molecule has 1 aromatic heterocycles. The van der Waals surface area contributed by atoms with Crippen molar-refractivity contribution in [3.8, 4) is 0 Å². The second-order valence-electron chi connectivity index (χ2n) is 4.92. The Bertz CT molecular complexity index is 294. The van der Waals surface area contributed by atoms with E-state index in [2.05, 4.69) is 38.0 Å². The Morgan fingerprint density at radius 3 is 2.62 bits per heavy atom. The maximum absolute atomic E-state index is 4.26. The van der Waals surface area contributed by atoms with Gasteiger partial charge < -0.3 is 5.32 Å². The van der Waals surface area contributed by atoms with Crippen LogP contribution in [-0.2, 0) is 6.42 Å². The van der Waals surface area contributed by atoms with Gasteiger partial charge in [-0.3, -0.25) is 0 Å². The van der Waals surface area contributed by atoms with E-state index in [1.807, 2.05) is 6.20 Å². The highest BCUT2D eigenvalue weighted by atomic mass is 32.1. The summed E-state index contributed by atoms with van der Waals surface area (Å²) in [7, 11) is 0. The molecule has 0 fully saturated rings. The quantitative estimate of drug-likeness (QED) is 0.790. The fraction of sp³-hybridized carbons (Fsp3) is 0.769. The minimum atomic E-state index is 0.636. The molecule has 0 radical (unpaired) electrons. The molecule has 1 aromatic rings. The van der Waals surface area contributed by atoms with Gasteiger partial charge in [0.25, 0.3) is 0 Å². The first-order chi connectivity index (χ1) is 7.58. The van der Waals surface area contributed by atoms with Crippen LogP contribution in [-0.4, -0.2) is 17.6 Å². The van der Waals surface area contributed by atoms with Crippen LogP contribution in [0.4, 0.5) is 0 Å². The van der Waals surface area contributed by atoms with E-state index in [4.69, 9.17) is 0 Å². The lowest BCUT2D eigenvalue weighted by Crippen LogP contribution is -2.28. The minimum Gasteiger partial charge on any atom is -0.314 e. The van der Waals surface area contributed by atoms with Gasteiger partial charge in [-0.25, -0.2) is 4.98 Å². The van der Waals surface area contributed by atoms with E-state index in [9.17, 15) is 0 Å². The number of rotatable bonds is 7. The molecule has 0 saturated carbocycles. The van der Waals surface area contributed by atoms with Gasteiger partial charge in [-0.05, 0) is 39.0 Å². The van der Waals surface area contributed by atoms with E-state index in [-0.39, 0.29) is 0 Å². The van der Waals surface area contributed by atoms with Crippen LogP contribution in [0.1, 0.15) is 43.5 Å². The first-order valence-electron chi connectivity index (χ1n) is 6.22. The summed E-state index contributed by atoms with van der Waals surface area (Å²) in [6, 6.07) is 0.636. The van der Waals surface area contributed by atoms with Crippen molar-refractivity contribution in [3.63, 3.8) is 0 Å². The van der Waals surface area contributed by atoms with Crippen molar-refractivity contribution in [2.24, 2.45) is 5.92 Å². The third-order valence-electron chi connectivity index (χ3n) is 2.71. The summed E-state index contributed by atoms with van der Waals surface area (Å²) in [5.74, 6) is 0.813. The highest BCUT2D eigenvalue weighted by Crippen LogP contribution is 2.12. The predicted octanol–water partition coefficient (Wildman–Crippen LogP) is 3.41. The molecule has 0 spiro atoms. The number of thiazole rings is 1. The van der Waals surface area contributed by atoms with Crippen LogP contribution < -0.4 is 5.32 Å². The summed E-state index contributed by atoms with van der Waals surface area (Å²) in [5.41, 5.74) is 0. The molecule has 92 valence electrons. The first-order valence-corrected chi connectivity index (χ1v) is 7.04. The smallest absolute Gasteiger partial charge is 0.0896 e. The Morgan fingerprint density at radius 1 is 1.31 bits per heavy atom. The zero-order valence-electron chi connectivity index (χ0n) is 10.9. The van der Waals surface area contributed by atoms with E-state index in [1.165, 1.54) is 22.7 Å². The maximum atomic E-state index is 4.26. The van der Waals surface area contributed by atoms with Crippen molar-refractivity contribution in [3.05, 3.63) is 16.1 Å². The highest BCUT2D eigenvalue weighted by molar-refractivity contribution is 7.11. The summed E-state index contributed by atoms with van der Waals surface area (Å²) in [5, 5.41) is 4.74. The van der Waals surface area contributed by atoms with Crippen LogP contribution in [0, 0.1) is 12.8 Å². The molecule has 1 N–H and O–H groups in total. The van der Waals surface area contributed by atoms with E-state index in [0.29, 0.717) is 6.04 Å². The molecule has 0 amide bonds. The fourth-order valence-electron chi connectivity index (χ4n) is 1.65. The molecule has 0 aromatic carbocycles. The Kier molecular flexibility index (Phi) is 5.99. The number of aryl methyl sites for hydroxylation is 1. The number of hydrogen-bond acceptors (Lipinski definition) is 3. The molecule has 1 heterocycles. The lowest BCUT2D eigenvalue weighted by atomic mass is 10.0. The maximum Gasteiger partial charge on any atom is 0.0896 e. The van der Waals surface area contributed by atoms with Gasteiger partial charge in [-0.1, -0.05) is 13.8 Å². The molecule has 0 aliphatic heterocycles. The summed E-state index contributed by atoms with van der Waals surface area (Å²) in [6.45, 7) is 9.98. The fourth-order valence-corrected chi connectivity index (χ4v) is 2.44. The van der Waals surface area contributed by atoms with Gasteiger partial charge in [0, 0.05) is 23.7 Å². The van der Waals surface area contributed by atoms with Crippen molar-refractivity contribution >= 4 is 11.3 Å². The molecule has 0 saturated heterocycles. The van der Waals surface area contributed by atoms with Gasteiger partial charge in [0.2, 0.25) is 0 Å². The molecule has 1 rings (SSSR count). The van der Waals surface area contributed by atoms with Crippen molar-refractivity contribution < 1.29 is 0 Å². The van der Waals surface area contributed by atoms with Gasteiger partial charge in [0.05, 0.1) is 5.01 Å². The van der Waals surface area contributed by atoms with E-state index < -0.39 is 0 Å². The van der Waals surface area contributed by atoms with Crippen molar-refractivity contribution in [2.75, 3.05) is 6.54 Å². The molecule has 1 atom stereocenters. The Hall–Kier alpha value is -0.410. The van der Waals surface area contributed by atoms with Gasteiger partial charge in [-0.15, -0.1) is 11.3 Å². The number of aromatic nitrogens is 1. The SMILES string of the molecule is Cc1ncc(CCNC(C)CCC(C)C)s1. The van der Waals surface area contributed by atoms with Gasteiger partial charge in [0.15, 0.2) is 0 Å². The number of nitrogens with one attached hydrogen (secondary N) is 1. The third-order valence-corrected chi connectivity index (χ3v) is 3.68. The van der Waals surface area contributed by atoms with Gasteiger partial charge >= 0.3 is 0 Å². The summed E-state index contributed by atoms with van der Waals surface area (Å²) in [4.78, 5) is 5.65. The molecular formula is C13H24N2S. The lowest BCUT2D eigenvalue weighted by Gasteiger charge is -2.14. The van der Waals surface area contributed by atoms with Crippen molar-refractivity contribution in [1.82, 2.24) is 10.3 Å². The normalized spacial score (nSPS) is 13.3. The Morgan fingerprint density at radius 2 is 2.06 bits per heavy atom. The third kappa shape index (κ3) is 5.61. The molecular weight excluding hydrogens is 216 g/mol. The van der Waals surface area contributed by atoms with Crippen LogP contribution >= 0.6 is 11.3 Å². The standard InChI is InChI=1S/C13H24N2S/c1-10(2)5-6-11(3)14-8-7-13-9-15-12(4)16-13/h9-11,14H,5-8H2,1-4H3. The van der Waals surface area contributed by atoms with E-state index >= 15 is 0 Å². The van der Waals surface area contributed by atoms with Crippen molar-refractivity contribution in [2.45, 2.75) is 53.0 Å². The monoisotopic (exact) mass is 240 g/mol. The van der Waals surface area contributed by atoms with Crippen LogP contribution in [0.5, 0.6) is 0 Å². The van der Waals surface area contributed by atoms with Gasteiger partial charge in [-0.2, -0.15) is 0 Å². The average Bonchev–Trinajstić information content (AvgIpc) is 2.61. The molecule has 0 aliphatic carbocycles. The second-order valence-corrected chi connectivity index (χ2v) is 6.24. The van der Waals surface area contributed by atoms with Crippen LogP contribution in [0.3, 0.4) is 0 Å². The first kappa shape index (κ1) is 13.7. The van der Waals surface area contributed by atoms with E-state index in [0.717, 1.165) is 18.9 Å². The van der Waals surface area contributed by atoms with Crippen molar-refractivity contribution in [1.29, 1.82) is 0 Å². The summed E-state index contributed by atoms with van der Waals surface area (Å²) < 4.78 is 0. The second kappa shape index (κ2) is 7.02. The number of nitrogens with zero attached hydrogens (tertiary/aromatic N) is 1. The van der Waals surface area contributed by atoms with Crippen LogP contribution in [0.25, 0.3) is 0 Å². The Labute approximate surface area is 103 Å². The minimum absolute atomic E-state index is 0.636. The lowest BCUT2D eigenvalue weighted by molar-refractivity contribution is 0.454. The Balaban J connectivity index is 2.10. The predicted molar refractivity (Wildman–Crippen MR) is 72.1 cm³/mol. The van der Waals surface area contributed by atoms with E-state index in [1.54, 1.807) is 11.3 Å². The molecule has 0 aliphatic rings. The molecule has 2 nitrogen and oxygen atoms in total. The average molecular weight is 240 g/mol. The zero-order valence-corrected chi connectivity index (χ0v) is 11.7. The summed E-state index contributed by atoms with van der Waals surface area (Å²) >= 11 is 1.81. The summed E-state index contributed by atoms with van der Waals surface area (Å²) in [6.07, 6.45) is 5.70. The molecule has 16 heavy (non-hydrogen) atoms. The van der Waals surface area contributed by atoms with Crippen LogP contribution in [0.2, 0.25) is 0 Å². The topological polar surface area (TPSA) is 24.9 Å². The molecule has 0 bridgehead atoms. The highest BCUT2D eigenvalue weighted by Gasteiger charge is 2.03. The molecule has 3 heteroatoms. The zero-order chi connectivity index (χ0) is 12.0. The van der Waals surface area contributed by atoms with Gasteiger partial charge in [0.1, 0.15) is 0 Å². The number of hydrogen-bond donors (Lipinski definition) is 1. The largest absolute Gasteiger partial charge is 0.314 e. The molecule has 1 unspecified atom stereocenters.